The molecule has 0 fully saturated rings. The van der Waals surface area contributed by atoms with E-state index in [1.165, 1.54) is 23.8 Å². The molecule has 0 spiro atoms. The number of ketones is 1. The van der Waals surface area contributed by atoms with Crippen molar-refractivity contribution < 1.29 is 9.18 Å². The molecule has 0 amide bonds. The largest absolute Gasteiger partial charge is 0.299 e. The molecule has 0 aromatic heterocycles. The van der Waals surface area contributed by atoms with Gasteiger partial charge < -0.3 is 0 Å². The third kappa shape index (κ3) is 4.46. The van der Waals surface area contributed by atoms with E-state index in [4.69, 9.17) is 11.6 Å². The lowest BCUT2D eigenvalue weighted by atomic mass is 10.0. The standard InChI is InChI=1S/C17H16ClFO/c18-15-9-10-17(19)14(11-15)12-16(20)8-4-7-13-5-2-1-3-6-13/h1-3,5-6,9-11H,4,7-8,12H2. The zero-order valence-electron chi connectivity index (χ0n) is 11.1. The predicted molar refractivity (Wildman–Crippen MR) is 79.5 cm³/mol. The van der Waals surface area contributed by atoms with Gasteiger partial charge in [0.1, 0.15) is 11.6 Å². The minimum atomic E-state index is -0.370. The second kappa shape index (κ2) is 7.20. The first-order chi connectivity index (χ1) is 9.65. The zero-order chi connectivity index (χ0) is 14.4. The quantitative estimate of drug-likeness (QED) is 0.759. The highest BCUT2D eigenvalue weighted by molar-refractivity contribution is 6.30. The van der Waals surface area contributed by atoms with Gasteiger partial charge in [-0.25, -0.2) is 4.39 Å². The molecule has 0 unspecified atom stereocenters. The number of halogens is 2. The van der Waals surface area contributed by atoms with Crippen molar-refractivity contribution >= 4 is 17.4 Å². The Labute approximate surface area is 123 Å². The van der Waals surface area contributed by atoms with Crippen LogP contribution >= 0.6 is 11.6 Å². The Morgan fingerprint density at radius 3 is 2.60 bits per heavy atom. The number of aryl methyl sites for hydroxylation is 1. The highest BCUT2D eigenvalue weighted by Crippen LogP contribution is 2.16. The van der Waals surface area contributed by atoms with Crippen LogP contribution in [0.25, 0.3) is 0 Å². The molecule has 0 aliphatic heterocycles. The van der Waals surface area contributed by atoms with Gasteiger partial charge >= 0.3 is 0 Å². The Kier molecular flexibility index (Phi) is 5.31. The van der Waals surface area contributed by atoms with Crippen molar-refractivity contribution in [2.24, 2.45) is 0 Å². The highest BCUT2D eigenvalue weighted by Gasteiger charge is 2.09. The van der Waals surface area contributed by atoms with E-state index in [9.17, 15) is 9.18 Å². The van der Waals surface area contributed by atoms with Crippen LogP contribution in [-0.4, -0.2) is 5.78 Å². The van der Waals surface area contributed by atoms with Crippen LogP contribution in [0.15, 0.2) is 48.5 Å². The molecule has 3 heteroatoms. The molecule has 2 aromatic rings. The first-order valence-corrected chi connectivity index (χ1v) is 7.02. The maximum atomic E-state index is 13.5. The second-order valence-electron chi connectivity index (χ2n) is 4.79. The van der Waals surface area contributed by atoms with Crippen molar-refractivity contribution in [1.82, 2.24) is 0 Å². The predicted octanol–water partition coefficient (Wildman–Crippen LogP) is 4.61. The molecule has 0 aliphatic rings. The van der Waals surface area contributed by atoms with Crippen LogP contribution in [-0.2, 0) is 17.6 Å². The topological polar surface area (TPSA) is 17.1 Å². The van der Waals surface area contributed by atoms with E-state index in [0.29, 0.717) is 17.0 Å². The molecule has 0 bridgehead atoms. The maximum absolute atomic E-state index is 13.5. The van der Waals surface area contributed by atoms with Crippen LogP contribution in [0, 0.1) is 5.82 Å². The van der Waals surface area contributed by atoms with Gasteiger partial charge in [0.15, 0.2) is 0 Å². The van der Waals surface area contributed by atoms with Gasteiger partial charge in [0.25, 0.3) is 0 Å². The monoisotopic (exact) mass is 290 g/mol. The molecule has 2 rings (SSSR count). The summed E-state index contributed by atoms with van der Waals surface area (Å²) in [7, 11) is 0. The van der Waals surface area contributed by atoms with Gasteiger partial charge in [0.2, 0.25) is 0 Å². The highest BCUT2D eigenvalue weighted by atomic mass is 35.5. The normalized spacial score (nSPS) is 10.5. The third-order valence-electron chi connectivity index (χ3n) is 3.16. The lowest BCUT2D eigenvalue weighted by Gasteiger charge is -2.04. The van der Waals surface area contributed by atoms with Crippen LogP contribution in [0.5, 0.6) is 0 Å². The van der Waals surface area contributed by atoms with Crippen LogP contribution in [0.4, 0.5) is 4.39 Å². The Morgan fingerprint density at radius 2 is 1.85 bits per heavy atom. The molecule has 0 saturated carbocycles. The maximum Gasteiger partial charge on any atom is 0.137 e. The summed E-state index contributed by atoms with van der Waals surface area (Å²) in [6.45, 7) is 0. The van der Waals surface area contributed by atoms with Crippen LogP contribution < -0.4 is 0 Å². The number of hydrogen-bond donors (Lipinski definition) is 0. The molecule has 0 aliphatic carbocycles. The Balaban J connectivity index is 1.82. The van der Waals surface area contributed by atoms with Crippen LogP contribution in [0.2, 0.25) is 5.02 Å². The van der Waals surface area contributed by atoms with Crippen molar-refractivity contribution in [3.05, 3.63) is 70.5 Å². The van der Waals surface area contributed by atoms with E-state index < -0.39 is 0 Å². The SMILES string of the molecule is O=C(CCCc1ccccc1)Cc1cc(Cl)ccc1F. The minimum absolute atomic E-state index is 0.0436. The Bertz CT molecular complexity index is 581. The lowest BCUT2D eigenvalue weighted by Crippen LogP contribution is -2.05. The van der Waals surface area contributed by atoms with Crippen molar-refractivity contribution in [2.45, 2.75) is 25.7 Å². The van der Waals surface area contributed by atoms with Crippen molar-refractivity contribution in [2.75, 3.05) is 0 Å². The van der Waals surface area contributed by atoms with Crippen molar-refractivity contribution in [3.8, 4) is 0 Å². The second-order valence-corrected chi connectivity index (χ2v) is 5.23. The lowest BCUT2D eigenvalue weighted by molar-refractivity contribution is -0.118. The summed E-state index contributed by atoms with van der Waals surface area (Å²) in [5, 5.41) is 0.457. The van der Waals surface area contributed by atoms with Gasteiger partial charge in [-0.3, -0.25) is 4.79 Å². The van der Waals surface area contributed by atoms with E-state index in [-0.39, 0.29) is 18.0 Å². The van der Waals surface area contributed by atoms with Crippen LogP contribution in [0.1, 0.15) is 24.0 Å². The summed E-state index contributed by atoms with van der Waals surface area (Å²) in [5.41, 5.74) is 1.59. The summed E-state index contributed by atoms with van der Waals surface area (Å²) in [4.78, 5) is 11.9. The summed E-state index contributed by atoms with van der Waals surface area (Å²) in [6.07, 6.45) is 2.22. The number of carbonyl (C=O) groups excluding carboxylic acids is 1. The van der Waals surface area contributed by atoms with E-state index in [1.807, 2.05) is 30.3 Å². The molecule has 0 atom stereocenters. The van der Waals surface area contributed by atoms with Gasteiger partial charge in [-0.05, 0) is 42.2 Å². The zero-order valence-corrected chi connectivity index (χ0v) is 11.9. The number of Topliss-reactive ketones (excluding diaryl/α,β-unsaturated/α-hetero) is 1. The number of benzene rings is 2. The average molecular weight is 291 g/mol. The van der Waals surface area contributed by atoms with Gasteiger partial charge in [0.05, 0.1) is 0 Å². The molecule has 0 saturated heterocycles. The Hall–Kier alpha value is -1.67. The average Bonchev–Trinajstić information content (AvgIpc) is 2.44. The van der Waals surface area contributed by atoms with Gasteiger partial charge in [0, 0.05) is 17.9 Å². The number of rotatable bonds is 6. The fraction of sp³-hybridized carbons (Fsp3) is 0.235. The summed E-state index contributed by atoms with van der Waals surface area (Å²) in [6, 6.07) is 14.3. The smallest absolute Gasteiger partial charge is 0.137 e. The summed E-state index contributed by atoms with van der Waals surface area (Å²) in [5.74, 6) is -0.326. The summed E-state index contributed by atoms with van der Waals surface area (Å²) >= 11 is 5.81. The fourth-order valence-electron chi connectivity index (χ4n) is 2.11. The molecule has 0 radical (unpaired) electrons. The molecule has 20 heavy (non-hydrogen) atoms. The molecule has 2 aromatic carbocycles. The molecule has 104 valence electrons. The minimum Gasteiger partial charge on any atom is -0.299 e. The number of hydrogen-bond acceptors (Lipinski definition) is 1. The first kappa shape index (κ1) is 14.7. The summed E-state index contributed by atoms with van der Waals surface area (Å²) < 4.78 is 13.5. The fourth-order valence-corrected chi connectivity index (χ4v) is 2.31. The third-order valence-corrected chi connectivity index (χ3v) is 3.39. The molecule has 1 nitrogen and oxygen atoms in total. The molecular formula is C17H16ClFO. The van der Waals surface area contributed by atoms with E-state index in [0.717, 1.165) is 12.8 Å². The van der Waals surface area contributed by atoms with Crippen LogP contribution in [0.3, 0.4) is 0 Å². The number of carbonyl (C=O) groups is 1. The van der Waals surface area contributed by atoms with Gasteiger partial charge in [-0.1, -0.05) is 41.9 Å². The van der Waals surface area contributed by atoms with E-state index in [1.54, 1.807) is 0 Å². The first-order valence-electron chi connectivity index (χ1n) is 6.65. The van der Waals surface area contributed by atoms with E-state index in [2.05, 4.69) is 0 Å². The van der Waals surface area contributed by atoms with Gasteiger partial charge in [-0.15, -0.1) is 0 Å². The molecule has 0 heterocycles. The van der Waals surface area contributed by atoms with Crippen molar-refractivity contribution in [3.63, 3.8) is 0 Å². The van der Waals surface area contributed by atoms with E-state index >= 15 is 0 Å². The van der Waals surface area contributed by atoms with Crippen molar-refractivity contribution in [1.29, 1.82) is 0 Å². The Morgan fingerprint density at radius 1 is 1.10 bits per heavy atom. The molecular weight excluding hydrogens is 275 g/mol. The van der Waals surface area contributed by atoms with Gasteiger partial charge in [-0.2, -0.15) is 0 Å². The molecule has 0 N–H and O–H groups in total.